The first kappa shape index (κ1) is 18.1. The standard InChI is InChI=1S/C24H23N3O/c1-19-9-8-14-27-23(28)15-22(25-24(19)27)18-26(16-20-10-4-2-5-11-20)17-21-12-6-3-7-13-21/h2-15H,16-18H2,1H3. The van der Waals surface area contributed by atoms with Gasteiger partial charge in [-0.2, -0.15) is 0 Å². The number of aryl methyl sites for hydroxylation is 1. The Bertz CT molecular complexity index is 1080. The van der Waals surface area contributed by atoms with Crippen molar-refractivity contribution in [3.05, 3.63) is 118 Å². The third-order valence-electron chi connectivity index (χ3n) is 4.82. The summed E-state index contributed by atoms with van der Waals surface area (Å²) in [5.41, 5.74) is 4.97. The Morgan fingerprint density at radius 2 is 1.43 bits per heavy atom. The normalized spacial score (nSPS) is 11.2. The van der Waals surface area contributed by atoms with Gasteiger partial charge in [0, 0.05) is 31.9 Å². The van der Waals surface area contributed by atoms with Gasteiger partial charge in [0.05, 0.1) is 5.69 Å². The minimum atomic E-state index is -0.0388. The van der Waals surface area contributed by atoms with Gasteiger partial charge in [-0.05, 0) is 29.7 Å². The molecule has 0 spiro atoms. The lowest BCUT2D eigenvalue weighted by Crippen LogP contribution is -2.25. The number of nitrogens with zero attached hydrogens (tertiary/aromatic N) is 3. The second-order valence-corrected chi connectivity index (χ2v) is 7.09. The molecule has 0 radical (unpaired) electrons. The van der Waals surface area contributed by atoms with Crippen molar-refractivity contribution >= 4 is 5.65 Å². The number of pyridine rings is 1. The molecule has 0 atom stereocenters. The molecule has 0 saturated heterocycles. The quantitative estimate of drug-likeness (QED) is 0.511. The molecule has 0 bridgehead atoms. The van der Waals surface area contributed by atoms with E-state index in [0.29, 0.717) is 6.54 Å². The molecule has 0 N–H and O–H groups in total. The maximum absolute atomic E-state index is 12.6. The number of rotatable bonds is 6. The number of fused-ring (bicyclic) bond motifs is 1. The molecule has 2 heterocycles. The van der Waals surface area contributed by atoms with Gasteiger partial charge in [0.2, 0.25) is 0 Å². The highest BCUT2D eigenvalue weighted by Gasteiger charge is 2.11. The van der Waals surface area contributed by atoms with Gasteiger partial charge in [-0.25, -0.2) is 4.98 Å². The van der Waals surface area contributed by atoms with E-state index in [-0.39, 0.29) is 5.56 Å². The van der Waals surface area contributed by atoms with E-state index >= 15 is 0 Å². The van der Waals surface area contributed by atoms with Crippen LogP contribution in [0.15, 0.2) is 89.9 Å². The molecule has 4 heteroatoms. The van der Waals surface area contributed by atoms with E-state index < -0.39 is 0 Å². The molecule has 28 heavy (non-hydrogen) atoms. The summed E-state index contributed by atoms with van der Waals surface area (Å²) in [6.07, 6.45) is 1.77. The van der Waals surface area contributed by atoms with Crippen molar-refractivity contribution < 1.29 is 0 Å². The lowest BCUT2D eigenvalue weighted by molar-refractivity contribution is 0.244. The molecule has 2 aromatic heterocycles. The molecule has 0 amide bonds. The molecule has 140 valence electrons. The Morgan fingerprint density at radius 1 is 0.821 bits per heavy atom. The summed E-state index contributed by atoms with van der Waals surface area (Å²) in [5.74, 6) is 0. The fraction of sp³-hybridized carbons (Fsp3) is 0.167. The van der Waals surface area contributed by atoms with Gasteiger partial charge in [0.25, 0.3) is 5.56 Å². The van der Waals surface area contributed by atoms with Crippen LogP contribution in [0.1, 0.15) is 22.4 Å². The van der Waals surface area contributed by atoms with Crippen LogP contribution in [0.3, 0.4) is 0 Å². The fourth-order valence-electron chi connectivity index (χ4n) is 3.47. The van der Waals surface area contributed by atoms with Crippen molar-refractivity contribution in [1.82, 2.24) is 14.3 Å². The van der Waals surface area contributed by atoms with Crippen LogP contribution >= 0.6 is 0 Å². The van der Waals surface area contributed by atoms with Crippen molar-refractivity contribution in [2.75, 3.05) is 0 Å². The van der Waals surface area contributed by atoms with Crippen LogP contribution in [-0.4, -0.2) is 14.3 Å². The highest BCUT2D eigenvalue weighted by atomic mass is 16.1. The van der Waals surface area contributed by atoms with Crippen LogP contribution in [0.4, 0.5) is 0 Å². The lowest BCUT2D eigenvalue weighted by Gasteiger charge is -2.22. The first-order valence-electron chi connectivity index (χ1n) is 9.47. The summed E-state index contributed by atoms with van der Waals surface area (Å²) in [6.45, 7) is 4.19. The Balaban J connectivity index is 1.65. The average Bonchev–Trinajstić information content (AvgIpc) is 2.70. The highest BCUT2D eigenvalue weighted by molar-refractivity contribution is 5.46. The van der Waals surface area contributed by atoms with E-state index in [4.69, 9.17) is 4.98 Å². The largest absolute Gasteiger partial charge is 0.289 e. The van der Waals surface area contributed by atoms with E-state index in [1.54, 1.807) is 16.7 Å². The lowest BCUT2D eigenvalue weighted by atomic mass is 10.1. The predicted molar refractivity (Wildman–Crippen MR) is 112 cm³/mol. The van der Waals surface area contributed by atoms with Gasteiger partial charge in [0.1, 0.15) is 5.65 Å². The zero-order valence-corrected chi connectivity index (χ0v) is 16.0. The third kappa shape index (κ3) is 4.18. The van der Waals surface area contributed by atoms with Gasteiger partial charge in [-0.15, -0.1) is 0 Å². The molecule has 0 aliphatic carbocycles. The van der Waals surface area contributed by atoms with Gasteiger partial charge < -0.3 is 0 Å². The summed E-state index contributed by atoms with van der Waals surface area (Å²) in [5, 5.41) is 0. The number of benzene rings is 2. The Morgan fingerprint density at radius 3 is 2.04 bits per heavy atom. The topological polar surface area (TPSA) is 37.6 Å². The molecular weight excluding hydrogens is 346 g/mol. The first-order chi connectivity index (χ1) is 13.7. The van der Waals surface area contributed by atoms with Crippen LogP contribution in [0.2, 0.25) is 0 Å². The van der Waals surface area contributed by atoms with Crippen molar-refractivity contribution in [2.45, 2.75) is 26.6 Å². The van der Waals surface area contributed by atoms with Crippen molar-refractivity contribution in [2.24, 2.45) is 0 Å². The molecule has 0 saturated carbocycles. The summed E-state index contributed by atoms with van der Waals surface area (Å²) in [4.78, 5) is 19.7. The average molecular weight is 369 g/mol. The van der Waals surface area contributed by atoms with Crippen molar-refractivity contribution in [3.8, 4) is 0 Å². The van der Waals surface area contributed by atoms with Gasteiger partial charge in [0.15, 0.2) is 0 Å². The summed E-state index contributed by atoms with van der Waals surface area (Å²) in [7, 11) is 0. The predicted octanol–water partition coefficient (Wildman–Crippen LogP) is 4.21. The number of hydrogen-bond donors (Lipinski definition) is 0. The van der Waals surface area contributed by atoms with Crippen molar-refractivity contribution in [1.29, 1.82) is 0 Å². The SMILES string of the molecule is Cc1cccn2c(=O)cc(CN(Cc3ccccc3)Cc3ccccc3)nc12. The third-order valence-corrected chi connectivity index (χ3v) is 4.82. The smallest absolute Gasteiger partial charge is 0.258 e. The van der Waals surface area contributed by atoms with Gasteiger partial charge in [-0.3, -0.25) is 14.1 Å². The highest BCUT2D eigenvalue weighted by Crippen LogP contribution is 2.14. The Hall–Kier alpha value is -3.24. The zero-order chi connectivity index (χ0) is 19.3. The minimum absolute atomic E-state index is 0.0388. The summed E-state index contributed by atoms with van der Waals surface area (Å²) < 4.78 is 1.61. The van der Waals surface area contributed by atoms with E-state index in [1.165, 1.54) is 11.1 Å². The van der Waals surface area contributed by atoms with Crippen LogP contribution < -0.4 is 5.56 Å². The monoisotopic (exact) mass is 369 g/mol. The summed E-state index contributed by atoms with van der Waals surface area (Å²) in [6, 6.07) is 26.3. The zero-order valence-electron chi connectivity index (χ0n) is 16.0. The number of aromatic nitrogens is 2. The van der Waals surface area contributed by atoms with E-state index in [9.17, 15) is 4.79 Å². The maximum atomic E-state index is 12.6. The van der Waals surface area contributed by atoms with Gasteiger partial charge >= 0.3 is 0 Å². The Labute approximate surface area is 164 Å². The molecular formula is C24H23N3O. The second kappa shape index (κ2) is 8.19. The molecule has 4 aromatic rings. The molecule has 4 rings (SSSR count). The van der Waals surface area contributed by atoms with Crippen LogP contribution in [0, 0.1) is 6.92 Å². The van der Waals surface area contributed by atoms with Crippen LogP contribution in [0.25, 0.3) is 5.65 Å². The fourth-order valence-corrected chi connectivity index (χ4v) is 3.47. The molecule has 2 aromatic carbocycles. The maximum Gasteiger partial charge on any atom is 0.258 e. The van der Waals surface area contributed by atoms with E-state index in [2.05, 4.69) is 53.4 Å². The second-order valence-electron chi connectivity index (χ2n) is 7.09. The van der Waals surface area contributed by atoms with Crippen LogP contribution in [-0.2, 0) is 19.6 Å². The van der Waals surface area contributed by atoms with E-state index in [1.807, 2.05) is 31.2 Å². The minimum Gasteiger partial charge on any atom is -0.289 e. The van der Waals surface area contributed by atoms with Gasteiger partial charge in [-0.1, -0.05) is 66.7 Å². The summed E-state index contributed by atoms with van der Waals surface area (Å²) >= 11 is 0. The Kier molecular flexibility index (Phi) is 5.31. The van der Waals surface area contributed by atoms with Crippen molar-refractivity contribution in [3.63, 3.8) is 0 Å². The molecule has 0 unspecified atom stereocenters. The number of hydrogen-bond acceptors (Lipinski definition) is 3. The van der Waals surface area contributed by atoms with E-state index in [0.717, 1.165) is 30.0 Å². The molecule has 0 aliphatic rings. The van der Waals surface area contributed by atoms with Crippen LogP contribution in [0.5, 0.6) is 0 Å². The first-order valence-corrected chi connectivity index (χ1v) is 9.47. The molecule has 0 fully saturated rings. The molecule has 4 nitrogen and oxygen atoms in total. The molecule has 0 aliphatic heterocycles.